The number of carbonyl (C=O) groups is 2. The van der Waals surface area contributed by atoms with E-state index in [0.29, 0.717) is 27.7 Å². The fraction of sp³-hybridized carbons (Fsp3) is 0.481. The number of halogens is 2. The summed E-state index contributed by atoms with van der Waals surface area (Å²) < 4.78 is 26.6. The van der Waals surface area contributed by atoms with Gasteiger partial charge in [0.25, 0.3) is 0 Å². The van der Waals surface area contributed by atoms with Crippen molar-refractivity contribution in [2.75, 3.05) is 17.1 Å². The maximum atomic E-state index is 13.8. The Morgan fingerprint density at radius 1 is 1.03 bits per heavy atom. The highest BCUT2D eigenvalue weighted by atomic mass is 35.5. The molecule has 0 spiro atoms. The lowest BCUT2D eigenvalue weighted by molar-refractivity contribution is -0.140. The molecule has 0 saturated heterocycles. The number of benzene rings is 2. The van der Waals surface area contributed by atoms with Gasteiger partial charge in [-0.3, -0.25) is 13.9 Å². The van der Waals surface area contributed by atoms with E-state index in [9.17, 15) is 18.0 Å². The van der Waals surface area contributed by atoms with Crippen molar-refractivity contribution < 1.29 is 18.0 Å². The molecule has 0 unspecified atom stereocenters. The molecule has 1 aliphatic rings. The van der Waals surface area contributed by atoms with Crippen molar-refractivity contribution >= 4 is 50.7 Å². The van der Waals surface area contributed by atoms with Crippen molar-refractivity contribution in [3.63, 3.8) is 0 Å². The minimum absolute atomic E-state index is 0.0802. The van der Waals surface area contributed by atoms with E-state index < -0.39 is 28.5 Å². The lowest BCUT2D eigenvalue weighted by atomic mass is 10.1. The van der Waals surface area contributed by atoms with Gasteiger partial charge in [-0.15, -0.1) is 0 Å². The normalized spacial score (nSPS) is 14.9. The predicted octanol–water partition coefficient (Wildman–Crippen LogP) is 5.24. The van der Waals surface area contributed by atoms with E-state index >= 15 is 0 Å². The number of hydrogen-bond acceptors (Lipinski definition) is 4. The van der Waals surface area contributed by atoms with Crippen LogP contribution in [-0.4, -0.2) is 50.0 Å². The fourth-order valence-corrected chi connectivity index (χ4v) is 5.78. The first-order valence-electron chi connectivity index (χ1n) is 12.5. The van der Waals surface area contributed by atoms with Gasteiger partial charge in [-0.25, -0.2) is 8.42 Å². The van der Waals surface area contributed by atoms with Crippen molar-refractivity contribution in [1.29, 1.82) is 0 Å². The molecule has 0 aliphatic heterocycles. The SMILES string of the molecule is CC[C@@H](C(=O)NC1CCCC1)N(Cc1ccc(Cl)c(Cl)c1)C(=O)CN(c1ccc(C)c(C)c1)S(C)(=O)=O. The summed E-state index contributed by atoms with van der Waals surface area (Å²) in [5, 5.41) is 3.81. The molecule has 0 bridgehead atoms. The second-order valence-corrected chi connectivity index (χ2v) is 12.4. The lowest BCUT2D eigenvalue weighted by Gasteiger charge is -2.33. The number of nitrogens with one attached hydrogen (secondary N) is 1. The molecule has 1 saturated carbocycles. The number of carbonyl (C=O) groups excluding carboxylic acids is 2. The third-order valence-electron chi connectivity index (χ3n) is 6.88. The summed E-state index contributed by atoms with van der Waals surface area (Å²) >= 11 is 12.3. The van der Waals surface area contributed by atoms with Gasteiger partial charge in [0.05, 0.1) is 22.0 Å². The molecular weight excluding hydrogens is 533 g/mol. The molecule has 202 valence electrons. The van der Waals surface area contributed by atoms with E-state index in [4.69, 9.17) is 23.2 Å². The number of nitrogens with zero attached hydrogens (tertiary/aromatic N) is 2. The Morgan fingerprint density at radius 3 is 2.27 bits per heavy atom. The summed E-state index contributed by atoms with van der Waals surface area (Å²) in [7, 11) is -3.79. The van der Waals surface area contributed by atoms with Crippen LogP contribution in [0.2, 0.25) is 10.0 Å². The Hall–Kier alpha value is -2.29. The molecule has 0 radical (unpaired) electrons. The van der Waals surface area contributed by atoms with Crippen LogP contribution in [0.3, 0.4) is 0 Å². The van der Waals surface area contributed by atoms with E-state index in [1.54, 1.807) is 30.3 Å². The third-order valence-corrected chi connectivity index (χ3v) is 8.76. The first-order valence-corrected chi connectivity index (χ1v) is 15.1. The third kappa shape index (κ3) is 7.62. The van der Waals surface area contributed by atoms with Gasteiger partial charge in [0.2, 0.25) is 21.8 Å². The Bertz CT molecular complexity index is 1250. The molecule has 3 rings (SSSR count). The van der Waals surface area contributed by atoms with Crippen molar-refractivity contribution in [3.8, 4) is 0 Å². The Labute approximate surface area is 230 Å². The number of aryl methyl sites for hydroxylation is 2. The monoisotopic (exact) mass is 567 g/mol. The maximum Gasteiger partial charge on any atom is 0.244 e. The van der Waals surface area contributed by atoms with Crippen molar-refractivity contribution in [1.82, 2.24) is 10.2 Å². The first-order chi connectivity index (χ1) is 17.4. The van der Waals surface area contributed by atoms with Gasteiger partial charge in [0.1, 0.15) is 12.6 Å². The second kappa shape index (κ2) is 12.5. The van der Waals surface area contributed by atoms with Crippen LogP contribution in [0.15, 0.2) is 36.4 Å². The summed E-state index contributed by atoms with van der Waals surface area (Å²) in [4.78, 5) is 28.6. The zero-order valence-corrected chi connectivity index (χ0v) is 24.1. The van der Waals surface area contributed by atoms with Crippen LogP contribution < -0.4 is 9.62 Å². The van der Waals surface area contributed by atoms with Crippen LogP contribution >= 0.6 is 23.2 Å². The standard InChI is InChI=1S/C27H35Cl2N3O4S/c1-5-25(27(34)30-21-8-6-7-9-21)31(16-20-11-13-23(28)24(29)15-20)26(33)17-32(37(4,35)36)22-12-10-18(2)19(3)14-22/h10-15,21,25H,5-9,16-17H2,1-4H3,(H,30,34)/t25-/m0/s1. The zero-order valence-electron chi connectivity index (χ0n) is 21.8. The summed E-state index contributed by atoms with van der Waals surface area (Å²) in [6.45, 7) is 5.30. The highest BCUT2D eigenvalue weighted by molar-refractivity contribution is 7.92. The van der Waals surface area contributed by atoms with Gasteiger partial charge in [0, 0.05) is 12.6 Å². The van der Waals surface area contributed by atoms with Gasteiger partial charge >= 0.3 is 0 Å². The van der Waals surface area contributed by atoms with E-state index in [1.807, 2.05) is 26.8 Å². The highest BCUT2D eigenvalue weighted by Gasteiger charge is 2.33. The first kappa shape index (κ1) is 29.3. The summed E-state index contributed by atoms with van der Waals surface area (Å²) in [5.41, 5.74) is 3.01. The molecule has 1 fully saturated rings. The Morgan fingerprint density at radius 2 is 1.70 bits per heavy atom. The number of hydrogen-bond donors (Lipinski definition) is 1. The minimum Gasteiger partial charge on any atom is -0.352 e. The topological polar surface area (TPSA) is 86.8 Å². The van der Waals surface area contributed by atoms with Crippen LogP contribution in [-0.2, 0) is 26.2 Å². The van der Waals surface area contributed by atoms with Crippen molar-refractivity contribution in [2.45, 2.75) is 71.5 Å². The van der Waals surface area contributed by atoms with E-state index in [0.717, 1.165) is 47.4 Å². The van der Waals surface area contributed by atoms with Crippen LogP contribution in [0.25, 0.3) is 0 Å². The molecule has 1 N–H and O–H groups in total. The van der Waals surface area contributed by atoms with Gasteiger partial charge in [-0.2, -0.15) is 0 Å². The van der Waals surface area contributed by atoms with Gasteiger partial charge < -0.3 is 10.2 Å². The van der Waals surface area contributed by atoms with E-state index in [2.05, 4.69) is 5.32 Å². The Balaban J connectivity index is 1.95. The van der Waals surface area contributed by atoms with Gasteiger partial charge in [0.15, 0.2) is 0 Å². The number of rotatable bonds is 10. The molecular formula is C27H35Cl2N3O4S. The predicted molar refractivity (Wildman–Crippen MR) is 150 cm³/mol. The van der Waals surface area contributed by atoms with Crippen LogP contribution in [0.1, 0.15) is 55.7 Å². The number of sulfonamides is 1. The largest absolute Gasteiger partial charge is 0.352 e. The summed E-state index contributed by atoms with van der Waals surface area (Å²) in [6.07, 6.45) is 5.39. The van der Waals surface area contributed by atoms with Crippen LogP contribution in [0, 0.1) is 13.8 Å². The van der Waals surface area contributed by atoms with Crippen LogP contribution in [0.5, 0.6) is 0 Å². The summed E-state index contributed by atoms with van der Waals surface area (Å²) in [6, 6.07) is 9.61. The smallest absolute Gasteiger partial charge is 0.244 e. The molecule has 10 heteroatoms. The zero-order chi connectivity index (χ0) is 27.3. The molecule has 1 atom stereocenters. The summed E-state index contributed by atoms with van der Waals surface area (Å²) in [5.74, 6) is -0.719. The average Bonchev–Trinajstić information content (AvgIpc) is 3.33. The van der Waals surface area contributed by atoms with Crippen molar-refractivity contribution in [2.24, 2.45) is 0 Å². The number of amides is 2. The number of anilines is 1. The highest BCUT2D eigenvalue weighted by Crippen LogP contribution is 2.26. The molecule has 2 aromatic rings. The molecule has 0 heterocycles. The van der Waals surface area contributed by atoms with Gasteiger partial charge in [-0.05, 0) is 74.1 Å². The minimum atomic E-state index is -3.79. The molecule has 2 amide bonds. The van der Waals surface area contributed by atoms with E-state index in [-0.39, 0.29) is 18.5 Å². The molecule has 2 aromatic carbocycles. The quantitative estimate of drug-likeness (QED) is 0.425. The second-order valence-electron chi connectivity index (χ2n) is 9.72. The lowest BCUT2D eigenvalue weighted by Crippen LogP contribution is -2.53. The maximum absolute atomic E-state index is 13.8. The fourth-order valence-electron chi connectivity index (χ4n) is 4.62. The molecule has 0 aromatic heterocycles. The molecule has 37 heavy (non-hydrogen) atoms. The van der Waals surface area contributed by atoms with Crippen molar-refractivity contribution in [3.05, 3.63) is 63.1 Å². The molecule has 7 nitrogen and oxygen atoms in total. The van der Waals surface area contributed by atoms with Gasteiger partial charge in [-0.1, -0.05) is 55.1 Å². The Kier molecular flexibility index (Phi) is 9.89. The molecule has 1 aliphatic carbocycles. The van der Waals surface area contributed by atoms with Crippen LogP contribution in [0.4, 0.5) is 5.69 Å². The average molecular weight is 569 g/mol. The van der Waals surface area contributed by atoms with E-state index in [1.165, 1.54) is 4.90 Å².